The highest BCUT2D eigenvalue weighted by Crippen LogP contribution is 2.28. The van der Waals surface area contributed by atoms with Crippen LogP contribution in [-0.4, -0.2) is 39.7 Å². The third kappa shape index (κ3) is 3.81. The Balaban J connectivity index is 1.52. The Labute approximate surface area is 160 Å². The van der Waals surface area contributed by atoms with E-state index in [1.807, 2.05) is 17.8 Å². The number of amides is 1. The number of aryl methyl sites for hydroxylation is 1. The summed E-state index contributed by atoms with van der Waals surface area (Å²) in [7, 11) is 1.84. The lowest BCUT2D eigenvalue weighted by Crippen LogP contribution is -2.41. The van der Waals surface area contributed by atoms with Crippen molar-refractivity contribution in [2.75, 3.05) is 7.05 Å². The molecule has 6 heteroatoms. The third-order valence-corrected chi connectivity index (χ3v) is 6.02. The molecular weight excluding hydrogens is 340 g/mol. The van der Waals surface area contributed by atoms with Crippen molar-refractivity contribution in [2.24, 2.45) is 0 Å². The summed E-state index contributed by atoms with van der Waals surface area (Å²) in [6, 6.07) is 3.01. The van der Waals surface area contributed by atoms with Gasteiger partial charge in [0.15, 0.2) is 5.69 Å². The summed E-state index contributed by atoms with van der Waals surface area (Å²) in [4.78, 5) is 14.9. The van der Waals surface area contributed by atoms with Gasteiger partial charge in [-0.3, -0.25) is 9.48 Å². The molecule has 2 aliphatic rings. The molecule has 27 heavy (non-hydrogen) atoms. The number of carbonyl (C=O) groups is 1. The summed E-state index contributed by atoms with van der Waals surface area (Å²) in [6.07, 6.45) is 11.6. The van der Waals surface area contributed by atoms with Gasteiger partial charge in [-0.25, -0.2) is 0 Å². The van der Waals surface area contributed by atoms with E-state index in [4.69, 9.17) is 9.52 Å². The maximum absolute atomic E-state index is 13.1. The molecule has 2 aromatic rings. The average Bonchev–Trinajstić information content (AvgIpc) is 3.42. The molecule has 4 rings (SSSR count). The maximum Gasteiger partial charge on any atom is 0.274 e. The largest absolute Gasteiger partial charge is 0.472 e. The first-order valence-electron chi connectivity index (χ1n) is 10.3. The van der Waals surface area contributed by atoms with Crippen LogP contribution in [0, 0.1) is 0 Å². The van der Waals surface area contributed by atoms with Crippen LogP contribution in [0.5, 0.6) is 0 Å². The second-order valence-electron chi connectivity index (χ2n) is 7.97. The van der Waals surface area contributed by atoms with E-state index < -0.39 is 0 Å². The van der Waals surface area contributed by atoms with Crippen molar-refractivity contribution in [2.45, 2.75) is 77.0 Å². The molecule has 0 bridgehead atoms. The van der Waals surface area contributed by atoms with Crippen molar-refractivity contribution in [1.29, 1.82) is 0 Å². The van der Waals surface area contributed by atoms with Gasteiger partial charge in [0.25, 0.3) is 5.91 Å². The van der Waals surface area contributed by atoms with Crippen molar-refractivity contribution in [1.82, 2.24) is 20.0 Å². The molecule has 0 aliphatic heterocycles. The fraction of sp³-hybridized carbons (Fsp3) is 0.619. The van der Waals surface area contributed by atoms with Gasteiger partial charge in [-0.2, -0.15) is 5.10 Å². The third-order valence-electron chi connectivity index (χ3n) is 6.02. The van der Waals surface area contributed by atoms with Crippen LogP contribution >= 0.6 is 0 Å². The predicted molar refractivity (Wildman–Crippen MR) is 104 cm³/mol. The van der Waals surface area contributed by atoms with E-state index in [1.54, 1.807) is 17.4 Å². The molecule has 0 saturated heterocycles. The van der Waals surface area contributed by atoms with Crippen LogP contribution < -0.4 is 5.32 Å². The van der Waals surface area contributed by atoms with Crippen LogP contribution in [0.1, 0.15) is 66.3 Å². The van der Waals surface area contributed by atoms with Crippen molar-refractivity contribution in [3.8, 4) is 0 Å². The number of hydrogen-bond donors (Lipinski definition) is 1. The zero-order valence-corrected chi connectivity index (χ0v) is 16.4. The molecule has 0 spiro atoms. The van der Waals surface area contributed by atoms with Crippen molar-refractivity contribution in [3.63, 3.8) is 0 Å². The summed E-state index contributed by atoms with van der Waals surface area (Å²) in [5.74, 6) is 0.00108. The molecule has 2 aromatic heterocycles. The monoisotopic (exact) mass is 370 g/mol. The van der Waals surface area contributed by atoms with Gasteiger partial charge in [0.2, 0.25) is 0 Å². The fourth-order valence-corrected chi connectivity index (χ4v) is 4.60. The number of fused-ring (bicyclic) bond motifs is 1. The van der Waals surface area contributed by atoms with Crippen LogP contribution in [0.25, 0.3) is 0 Å². The summed E-state index contributed by atoms with van der Waals surface area (Å²) in [6.45, 7) is 3.44. The fourth-order valence-electron chi connectivity index (χ4n) is 4.60. The van der Waals surface area contributed by atoms with Gasteiger partial charge in [-0.1, -0.05) is 12.8 Å². The molecular formula is C21H30N4O2. The minimum Gasteiger partial charge on any atom is -0.472 e. The lowest BCUT2D eigenvalue weighted by Gasteiger charge is -2.27. The smallest absolute Gasteiger partial charge is 0.274 e. The van der Waals surface area contributed by atoms with Crippen LogP contribution in [0.4, 0.5) is 0 Å². The standard InChI is InChI=1S/C21H30N4O2/c1-3-25-19-9-8-17(22-16-6-4-5-7-16)12-18(19)20(23-25)21(26)24(2)13-15-10-11-27-14-15/h10-11,14,16-17,22H,3-9,12-13H2,1-2H3. The Morgan fingerprint density at radius 1 is 1.33 bits per heavy atom. The SMILES string of the molecule is CCn1nc(C(=O)N(C)Cc2ccoc2)c2c1CCC(NC1CCCC1)C2. The average molecular weight is 370 g/mol. The predicted octanol–water partition coefficient (Wildman–Crippen LogP) is 3.16. The van der Waals surface area contributed by atoms with Gasteiger partial charge in [-0.05, 0) is 45.1 Å². The van der Waals surface area contributed by atoms with Crippen LogP contribution in [0.15, 0.2) is 23.0 Å². The van der Waals surface area contributed by atoms with Gasteiger partial charge in [0, 0.05) is 49.0 Å². The van der Waals surface area contributed by atoms with Crippen molar-refractivity contribution in [3.05, 3.63) is 41.1 Å². The second-order valence-corrected chi connectivity index (χ2v) is 7.97. The molecule has 146 valence electrons. The first kappa shape index (κ1) is 18.3. The minimum atomic E-state index is 0.00108. The molecule has 2 heterocycles. The van der Waals surface area contributed by atoms with Crippen LogP contribution in [0.3, 0.4) is 0 Å². The molecule has 1 unspecified atom stereocenters. The second kappa shape index (κ2) is 7.89. The molecule has 6 nitrogen and oxygen atoms in total. The number of rotatable bonds is 6. The van der Waals surface area contributed by atoms with Gasteiger partial charge in [0.05, 0.1) is 12.5 Å². The van der Waals surface area contributed by atoms with E-state index in [-0.39, 0.29) is 5.91 Å². The highest BCUT2D eigenvalue weighted by Gasteiger charge is 2.31. The van der Waals surface area contributed by atoms with Crippen molar-refractivity contribution < 1.29 is 9.21 Å². The number of aromatic nitrogens is 2. The molecule has 1 amide bonds. The van der Waals surface area contributed by atoms with Crippen molar-refractivity contribution >= 4 is 5.91 Å². The van der Waals surface area contributed by atoms with E-state index >= 15 is 0 Å². The Kier molecular flexibility index (Phi) is 5.34. The number of nitrogens with zero attached hydrogens (tertiary/aromatic N) is 3. The van der Waals surface area contributed by atoms with E-state index in [2.05, 4.69) is 12.2 Å². The quantitative estimate of drug-likeness (QED) is 0.848. The van der Waals surface area contributed by atoms with E-state index in [1.165, 1.54) is 31.4 Å². The lowest BCUT2D eigenvalue weighted by molar-refractivity contribution is 0.0777. The van der Waals surface area contributed by atoms with Gasteiger partial charge in [-0.15, -0.1) is 0 Å². The van der Waals surface area contributed by atoms with Gasteiger partial charge in [0.1, 0.15) is 0 Å². The van der Waals surface area contributed by atoms with Gasteiger partial charge >= 0.3 is 0 Å². The Bertz CT molecular complexity index is 774. The summed E-state index contributed by atoms with van der Waals surface area (Å²) >= 11 is 0. The summed E-state index contributed by atoms with van der Waals surface area (Å²) in [5.41, 5.74) is 4.04. The minimum absolute atomic E-state index is 0.00108. The number of hydrogen-bond acceptors (Lipinski definition) is 4. The zero-order valence-electron chi connectivity index (χ0n) is 16.4. The number of furan rings is 1. The number of carbonyl (C=O) groups excluding carboxylic acids is 1. The Morgan fingerprint density at radius 3 is 2.85 bits per heavy atom. The summed E-state index contributed by atoms with van der Waals surface area (Å²) in [5, 5.41) is 8.54. The Morgan fingerprint density at radius 2 is 2.15 bits per heavy atom. The highest BCUT2D eigenvalue weighted by atomic mass is 16.3. The van der Waals surface area contributed by atoms with E-state index in [9.17, 15) is 4.79 Å². The Hall–Kier alpha value is -2.08. The molecule has 1 N–H and O–H groups in total. The number of nitrogens with one attached hydrogen (secondary N) is 1. The molecule has 0 aromatic carbocycles. The van der Waals surface area contributed by atoms with Crippen LogP contribution in [-0.2, 0) is 25.9 Å². The first-order valence-corrected chi connectivity index (χ1v) is 10.3. The van der Waals surface area contributed by atoms with Crippen LogP contribution in [0.2, 0.25) is 0 Å². The van der Waals surface area contributed by atoms with E-state index in [0.29, 0.717) is 24.3 Å². The highest BCUT2D eigenvalue weighted by molar-refractivity contribution is 5.94. The molecule has 2 aliphatic carbocycles. The van der Waals surface area contributed by atoms with E-state index in [0.717, 1.165) is 36.9 Å². The normalized spacial score (nSPS) is 20.0. The lowest BCUT2D eigenvalue weighted by atomic mass is 9.90. The summed E-state index contributed by atoms with van der Waals surface area (Å²) < 4.78 is 7.15. The van der Waals surface area contributed by atoms with Gasteiger partial charge < -0.3 is 14.6 Å². The zero-order chi connectivity index (χ0) is 18.8. The first-order chi connectivity index (χ1) is 13.2. The molecule has 0 radical (unpaired) electrons. The topological polar surface area (TPSA) is 63.3 Å². The molecule has 1 fully saturated rings. The maximum atomic E-state index is 13.1. The molecule has 1 atom stereocenters. The molecule has 1 saturated carbocycles.